The Bertz CT molecular complexity index is 529. The first-order valence-corrected chi connectivity index (χ1v) is 7.16. The van der Waals surface area contributed by atoms with Crippen molar-refractivity contribution in [1.82, 2.24) is 0 Å². The van der Waals surface area contributed by atoms with Gasteiger partial charge in [-0.2, -0.15) is 0 Å². The molecule has 1 atom stereocenters. The van der Waals surface area contributed by atoms with Gasteiger partial charge in [-0.25, -0.2) is 4.39 Å². The second kappa shape index (κ2) is 5.82. The summed E-state index contributed by atoms with van der Waals surface area (Å²) in [6, 6.07) is 10.7. The third kappa shape index (κ3) is 2.91. The van der Waals surface area contributed by atoms with E-state index in [0.29, 0.717) is 6.54 Å². The maximum absolute atomic E-state index is 13.2. The summed E-state index contributed by atoms with van der Waals surface area (Å²) in [6.07, 6.45) is 0. The fourth-order valence-corrected chi connectivity index (χ4v) is 3.43. The number of thiophene rings is 1. The predicted octanol–water partition coefficient (Wildman–Crippen LogP) is 3.79. The van der Waals surface area contributed by atoms with Crippen molar-refractivity contribution < 1.29 is 4.39 Å². The van der Waals surface area contributed by atoms with Crippen molar-refractivity contribution in [3.8, 4) is 0 Å². The highest BCUT2D eigenvalue weighted by Gasteiger charge is 2.18. The van der Waals surface area contributed by atoms with Crippen molar-refractivity contribution in [1.29, 1.82) is 0 Å². The highest BCUT2D eigenvalue weighted by atomic mass is 79.9. The van der Waals surface area contributed by atoms with Gasteiger partial charge >= 0.3 is 0 Å². The monoisotopic (exact) mass is 328 g/mol. The average molecular weight is 329 g/mol. The highest BCUT2D eigenvalue weighted by molar-refractivity contribution is 9.11. The number of hydrogen-bond donors (Lipinski definition) is 1. The zero-order valence-electron chi connectivity index (χ0n) is 9.94. The summed E-state index contributed by atoms with van der Waals surface area (Å²) in [5.74, 6) is -0.234. The zero-order valence-corrected chi connectivity index (χ0v) is 12.3. The molecule has 0 saturated heterocycles. The first-order chi connectivity index (χ1) is 8.61. The third-order valence-electron chi connectivity index (χ3n) is 2.83. The number of likely N-dealkylation sites (N-methyl/N-ethyl adjacent to an activating group) is 1. The van der Waals surface area contributed by atoms with Crippen LogP contribution in [0.5, 0.6) is 0 Å². The van der Waals surface area contributed by atoms with Crippen molar-refractivity contribution in [2.75, 3.05) is 18.5 Å². The minimum atomic E-state index is -0.234. The molecule has 0 radical (unpaired) electrons. The second-order valence-electron chi connectivity index (χ2n) is 3.98. The van der Waals surface area contributed by atoms with Gasteiger partial charge in [-0.15, -0.1) is 11.3 Å². The van der Waals surface area contributed by atoms with Crippen molar-refractivity contribution in [3.05, 3.63) is 50.9 Å². The van der Waals surface area contributed by atoms with E-state index in [1.165, 1.54) is 12.1 Å². The molecular weight excluding hydrogens is 315 g/mol. The Kier molecular flexibility index (Phi) is 4.37. The number of hydrogen-bond acceptors (Lipinski definition) is 3. The molecular formula is C13H14BrFN2S. The number of anilines is 1. The van der Waals surface area contributed by atoms with Gasteiger partial charge in [0, 0.05) is 24.2 Å². The summed E-state index contributed by atoms with van der Waals surface area (Å²) in [5.41, 5.74) is 6.67. The number of halogens is 2. The van der Waals surface area contributed by atoms with Crippen LogP contribution in [0, 0.1) is 5.82 Å². The van der Waals surface area contributed by atoms with Crippen molar-refractivity contribution in [3.63, 3.8) is 0 Å². The molecule has 0 amide bonds. The standard InChI is InChI=1S/C13H14BrFN2S/c1-17(10-4-2-3-9(15)7-10)11(8-16)12-5-6-13(14)18-12/h2-7,11H,8,16H2,1H3. The van der Waals surface area contributed by atoms with E-state index in [0.717, 1.165) is 14.4 Å². The predicted molar refractivity (Wildman–Crippen MR) is 78.6 cm³/mol. The molecule has 2 rings (SSSR count). The summed E-state index contributed by atoms with van der Waals surface area (Å²) < 4.78 is 14.3. The van der Waals surface area contributed by atoms with Crippen LogP contribution in [0.3, 0.4) is 0 Å². The molecule has 2 N–H and O–H groups in total. The van der Waals surface area contributed by atoms with Crippen LogP contribution in [0.4, 0.5) is 10.1 Å². The molecule has 1 heterocycles. The van der Waals surface area contributed by atoms with Gasteiger partial charge < -0.3 is 10.6 Å². The Hall–Kier alpha value is -0.910. The van der Waals surface area contributed by atoms with Gasteiger partial charge in [0.05, 0.1) is 9.83 Å². The number of rotatable bonds is 4. The van der Waals surface area contributed by atoms with E-state index in [-0.39, 0.29) is 11.9 Å². The lowest BCUT2D eigenvalue weighted by molar-refractivity contribution is 0.624. The summed E-state index contributed by atoms with van der Waals surface area (Å²) in [6.45, 7) is 0.486. The largest absolute Gasteiger partial charge is 0.365 e. The maximum Gasteiger partial charge on any atom is 0.125 e. The van der Waals surface area contributed by atoms with Crippen molar-refractivity contribution in [2.45, 2.75) is 6.04 Å². The van der Waals surface area contributed by atoms with Gasteiger partial charge in [-0.05, 0) is 46.3 Å². The normalized spacial score (nSPS) is 12.4. The van der Waals surface area contributed by atoms with Crippen LogP contribution >= 0.6 is 27.3 Å². The highest BCUT2D eigenvalue weighted by Crippen LogP contribution is 2.32. The van der Waals surface area contributed by atoms with Gasteiger partial charge in [-0.1, -0.05) is 6.07 Å². The lowest BCUT2D eigenvalue weighted by atomic mass is 10.2. The van der Waals surface area contributed by atoms with Crippen LogP contribution in [0.2, 0.25) is 0 Å². The Morgan fingerprint density at radius 1 is 1.39 bits per heavy atom. The summed E-state index contributed by atoms with van der Waals surface area (Å²) in [7, 11) is 1.93. The topological polar surface area (TPSA) is 29.3 Å². The molecule has 0 bridgehead atoms. The van der Waals surface area contributed by atoms with Gasteiger partial charge in [0.2, 0.25) is 0 Å². The first-order valence-electron chi connectivity index (χ1n) is 5.55. The summed E-state index contributed by atoms with van der Waals surface area (Å²) in [5, 5.41) is 0. The molecule has 96 valence electrons. The van der Waals surface area contributed by atoms with E-state index >= 15 is 0 Å². The lowest BCUT2D eigenvalue weighted by Gasteiger charge is -2.28. The zero-order chi connectivity index (χ0) is 13.1. The van der Waals surface area contributed by atoms with Crippen LogP contribution in [0.1, 0.15) is 10.9 Å². The minimum absolute atomic E-state index is 0.0584. The molecule has 0 spiro atoms. The van der Waals surface area contributed by atoms with Gasteiger partial charge in [-0.3, -0.25) is 0 Å². The number of nitrogens with two attached hydrogens (primary N) is 1. The Balaban J connectivity index is 2.28. The van der Waals surface area contributed by atoms with E-state index in [2.05, 4.69) is 15.9 Å². The quantitative estimate of drug-likeness (QED) is 0.925. The smallest absolute Gasteiger partial charge is 0.125 e. The Labute approximate surface area is 118 Å². The molecule has 1 aromatic carbocycles. The van der Waals surface area contributed by atoms with E-state index in [1.54, 1.807) is 17.4 Å². The lowest BCUT2D eigenvalue weighted by Crippen LogP contribution is -2.29. The van der Waals surface area contributed by atoms with Crippen LogP contribution < -0.4 is 10.6 Å². The van der Waals surface area contributed by atoms with Crippen LogP contribution in [-0.4, -0.2) is 13.6 Å². The molecule has 2 nitrogen and oxygen atoms in total. The van der Waals surface area contributed by atoms with Gasteiger partial charge in [0.15, 0.2) is 0 Å². The SMILES string of the molecule is CN(c1cccc(F)c1)C(CN)c1ccc(Br)s1. The van der Waals surface area contributed by atoms with Crippen LogP contribution in [0.25, 0.3) is 0 Å². The van der Waals surface area contributed by atoms with Crippen molar-refractivity contribution >= 4 is 33.0 Å². The van der Waals surface area contributed by atoms with E-state index in [4.69, 9.17) is 5.73 Å². The molecule has 1 aromatic heterocycles. The van der Waals surface area contributed by atoms with Crippen LogP contribution in [0.15, 0.2) is 40.2 Å². The maximum atomic E-state index is 13.2. The number of benzene rings is 1. The molecule has 0 fully saturated rings. The van der Waals surface area contributed by atoms with Gasteiger partial charge in [0.25, 0.3) is 0 Å². The molecule has 18 heavy (non-hydrogen) atoms. The van der Waals surface area contributed by atoms with E-state index < -0.39 is 0 Å². The molecule has 0 aliphatic rings. The molecule has 0 aliphatic heterocycles. The Morgan fingerprint density at radius 3 is 2.72 bits per heavy atom. The minimum Gasteiger partial charge on any atom is -0.365 e. The molecule has 1 unspecified atom stereocenters. The van der Waals surface area contributed by atoms with E-state index in [9.17, 15) is 4.39 Å². The molecule has 2 aromatic rings. The first kappa shape index (κ1) is 13.5. The summed E-state index contributed by atoms with van der Waals surface area (Å²) in [4.78, 5) is 3.16. The van der Waals surface area contributed by atoms with E-state index in [1.807, 2.05) is 30.1 Å². The summed E-state index contributed by atoms with van der Waals surface area (Å²) >= 11 is 5.09. The van der Waals surface area contributed by atoms with Crippen molar-refractivity contribution in [2.24, 2.45) is 5.73 Å². The molecule has 0 saturated carbocycles. The third-order valence-corrected chi connectivity index (χ3v) is 4.55. The second-order valence-corrected chi connectivity index (χ2v) is 6.48. The Morgan fingerprint density at radius 2 is 2.17 bits per heavy atom. The molecule has 0 aliphatic carbocycles. The average Bonchev–Trinajstić information content (AvgIpc) is 2.76. The van der Waals surface area contributed by atoms with Crippen LogP contribution in [-0.2, 0) is 0 Å². The molecule has 5 heteroatoms. The number of nitrogens with zero attached hydrogens (tertiary/aromatic N) is 1. The van der Waals surface area contributed by atoms with Gasteiger partial charge in [0.1, 0.15) is 5.82 Å². The fourth-order valence-electron chi connectivity index (χ4n) is 1.85. The fraction of sp³-hybridized carbons (Fsp3) is 0.231.